The van der Waals surface area contributed by atoms with Gasteiger partial charge in [-0.25, -0.2) is 17.5 Å². The third kappa shape index (κ3) is 3.95. The lowest BCUT2D eigenvalue weighted by Gasteiger charge is -2.27. The maximum absolute atomic E-state index is 14.0. The molecule has 124 valence electrons. The van der Waals surface area contributed by atoms with Crippen molar-refractivity contribution in [3.8, 4) is 5.75 Å². The smallest absolute Gasteiger partial charge is 0.240 e. The molecule has 0 spiro atoms. The number of halogens is 1. The number of piperazine rings is 1. The Morgan fingerprint density at radius 3 is 2.68 bits per heavy atom. The molecule has 1 aliphatic rings. The van der Waals surface area contributed by atoms with E-state index in [0.29, 0.717) is 13.1 Å². The number of nitrogens with zero attached hydrogens (tertiary/aromatic N) is 1. The van der Waals surface area contributed by atoms with Gasteiger partial charge in [-0.15, -0.1) is 0 Å². The van der Waals surface area contributed by atoms with E-state index in [0.717, 1.165) is 26.2 Å². The van der Waals surface area contributed by atoms with Gasteiger partial charge < -0.3 is 10.1 Å². The fraction of sp³-hybridized carbons (Fsp3) is 0.571. The van der Waals surface area contributed by atoms with Crippen molar-refractivity contribution in [2.45, 2.75) is 11.8 Å². The van der Waals surface area contributed by atoms with E-state index in [2.05, 4.69) is 14.9 Å². The molecule has 22 heavy (non-hydrogen) atoms. The quantitative estimate of drug-likeness (QED) is 0.786. The highest BCUT2D eigenvalue weighted by molar-refractivity contribution is 7.89. The molecule has 0 aromatic heterocycles. The summed E-state index contributed by atoms with van der Waals surface area (Å²) in [4.78, 5) is 2.13. The van der Waals surface area contributed by atoms with E-state index in [1.807, 2.05) is 0 Å². The standard InChI is InChI=1S/C14H22FN3O3S/c1-11-13(4-3-12(21-2)14(11)15)22(19,20)17-7-10-18-8-5-16-6-9-18/h3-4,16-17H,5-10H2,1-2H3. The molecule has 1 fully saturated rings. The second kappa shape index (κ2) is 7.36. The first-order valence-corrected chi connectivity index (χ1v) is 8.70. The molecule has 0 aliphatic carbocycles. The molecule has 1 heterocycles. The molecule has 8 heteroatoms. The van der Waals surface area contributed by atoms with Crippen LogP contribution < -0.4 is 14.8 Å². The Morgan fingerprint density at radius 2 is 2.05 bits per heavy atom. The van der Waals surface area contributed by atoms with Crippen molar-refractivity contribution >= 4 is 10.0 Å². The van der Waals surface area contributed by atoms with E-state index < -0.39 is 15.8 Å². The maximum atomic E-state index is 14.0. The molecule has 1 aliphatic heterocycles. The van der Waals surface area contributed by atoms with Crippen molar-refractivity contribution in [3.63, 3.8) is 0 Å². The van der Waals surface area contributed by atoms with Crippen LogP contribution in [0.15, 0.2) is 17.0 Å². The van der Waals surface area contributed by atoms with Crippen molar-refractivity contribution in [2.75, 3.05) is 46.4 Å². The van der Waals surface area contributed by atoms with Gasteiger partial charge in [0.1, 0.15) is 0 Å². The Kier molecular flexibility index (Phi) is 5.74. The predicted octanol–water partition coefficient (Wildman–Crippen LogP) is 0.326. The Morgan fingerprint density at radius 1 is 1.36 bits per heavy atom. The van der Waals surface area contributed by atoms with Gasteiger partial charge in [0, 0.05) is 44.8 Å². The Bertz CT molecular complexity index is 616. The number of rotatable bonds is 6. The fourth-order valence-corrected chi connectivity index (χ4v) is 3.70. The first kappa shape index (κ1) is 17.1. The van der Waals surface area contributed by atoms with Crippen LogP contribution in [0.3, 0.4) is 0 Å². The molecule has 2 N–H and O–H groups in total. The molecule has 0 radical (unpaired) electrons. The number of nitrogens with one attached hydrogen (secondary N) is 2. The van der Waals surface area contributed by atoms with Crippen LogP contribution in [0.25, 0.3) is 0 Å². The molecule has 0 bridgehead atoms. The summed E-state index contributed by atoms with van der Waals surface area (Å²) in [6.07, 6.45) is 0. The molecule has 6 nitrogen and oxygen atoms in total. The Balaban J connectivity index is 2.02. The van der Waals surface area contributed by atoms with Crippen LogP contribution >= 0.6 is 0 Å². The van der Waals surface area contributed by atoms with E-state index in [4.69, 9.17) is 4.74 Å². The number of hydrogen-bond donors (Lipinski definition) is 2. The van der Waals surface area contributed by atoms with Gasteiger partial charge in [-0.2, -0.15) is 0 Å². The maximum Gasteiger partial charge on any atom is 0.240 e. The average molecular weight is 331 g/mol. The van der Waals surface area contributed by atoms with E-state index >= 15 is 0 Å². The summed E-state index contributed by atoms with van der Waals surface area (Å²) in [6.45, 7) is 6.00. The lowest BCUT2D eigenvalue weighted by Crippen LogP contribution is -2.46. The van der Waals surface area contributed by atoms with Gasteiger partial charge in [0.05, 0.1) is 12.0 Å². The van der Waals surface area contributed by atoms with Gasteiger partial charge in [0.15, 0.2) is 11.6 Å². The Labute approximate surface area is 130 Å². The zero-order chi connectivity index (χ0) is 16.2. The second-order valence-corrected chi connectivity index (χ2v) is 6.93. The van der Waals surface area contributed by atoms with Crippen molar-refractivity contribution in [3.05, 3.63) is 23.5 Å². The highest BCUT2D eigenvalue weighted by atomic mass is 32.2. The van der Waals surface area contributed by atoms with Gasteiger partial charge in [-0.3, -0.25) is 4.90 Å². The van der Waals surface area contributed by atoms with Crippen LogP contribution in [0.5, 0.6) is 5.75 Å². The molecular weight excluding hydrogens is 309 g/mol. The number of hydrogen-bond acceptors (Lipinski definition) is 5. The minimum absolute atomic E-state index is 0.0391. The number of methoxy groups -OCH3 is 1. The summed E-state index contributed by atoms with van der Waals surface area (Å²) in [5, 5.41) is 3.24. The highest BCUT2D eigenvalue weighted by Crippen LogP contribution is 2.25. The minimum Gasteiger partial charge on any atom is -0.494 e. The van der Waals surface area contributed by atoms with Gasteiger partial charge in [-0.05, 0) is 19.1 Å². The third-order valence-electron chi connectivity index (χ3n) is 3.74. The number of ether oxygens (including phenoxy) is 1. The van der Waals surface area contributed by atoms with Gasteiger partial charge in [0.2, 0.25) is 10.0 Å². The summed E-state index contributed by atoms with van der Waals surface area (Å²) < 4.78 is 45.9. The molecule has 0 amide bonds. The molecule has 1 aromatic carbocycles. The van der Waals surface area contributed by atoms with E-state index in [9.17, 15) is 12.8 Å². The summed E-state index contributed by atoms with van der Waals surface area (Å²) in [5.74, 6) is -0.607. The molecule has 1 aromatic rings. The summed E-state index contributed by atoms with van der Waals surface area (Å²) in [5.41, 5.74) is 0.0639. The lowest BCUT2D eigenvalue weighted by atomic mass is 10.2. The molecule has 0 saturated carbocycles. The molecule has 1 saturated heterocycles. The molecule has 0 atom stereocenters. The molecule has 0 unspecified atom stereocenters. The topological polar surface area (TPSA) is 70.7 Å². The van der Waals surface area contributed by atoms with Gasteiger partial charge in [0.25, 0.3) is 0 Å². The third-order valence-corrected chi connectivity index (χ3v) is 5.35. The Hall–Kier alpha value is -1.22. The largest absolute Gasteiger partial charge is 0.494 e. The zero-order valence-electron chi connectivity index (χ0n) is 12.9. The van der Waals surface area contributed by atoms with Crippen LogP contribution in [0.1, 0.15) is 5.56 Å². The van der Waals surface area contributed by atoms with Crippen molar-refractivity contribution < 1.29 is 17.5 Å². The van der Waals surface area contributed by atoms with Crippen LogP contribution in [0, 0.1) is 12.7 Å². The van der Waals surface area contributed by atoms with Crippen LogP contribution in [0.2, 0.25) is 0 Å². The predicted molar refractivity (Wildman–Crippen MR) is 82.2 cm³/mol. The highest BCUT2D eigenvalue weighted by Gasteiger charge is 2.21. The van der Waals surface area contributed by atoms with Crippen molar-refractivity contribution in [2.24, 2.45) is 0 Å². The molecule has 2 rings (SSSR count). The van der Waals surface area contributed by atoms with Gasteiger partial charge in [-0.1, -0.05) is 0 Å². The normalized spacial score (nSPS) is 16.7. The van der Waals surface area contributed by atoms with Crippen LogP contribution in [0.4, 0.5) is 4.39 Å². The summed E-state index contributed by atoms with van der Waals surface area (Å²) >= 11 is 0. The van der Waals surface area contributed by atoms with Crippen molar-refractivity contribution in [1.82, 2.24) is 14.9 Å². The second-order valence-electron chi connectivity index (χ2n) is 5.19. The molecular formula is C14H22FN3O3S. The SMILES string of the molecule is COc1ccc(S(=O)(=O)NCCN2CCNCC2)c(C)c1F. The summed E-state index contributed by atoms with van der Waals surface area (Å²) in [7, 11) is -2.38. The van der Waals surface area contributed by atoms with E-state index in [1.54, 1.807) is 0 Å². The van der Waals surface area contributed by atoms with E-state index in [-0.39, 0.29) is 16.2 Å². The van der Waals surface area contributed by atoms with E-state index in [1.165, 1.54) is 26.2 Å². The van der Waals surface area contributed by atoms with Crippen LogP contribution in [-0.2, 0) is 10.0 Å². The first-order chi connectivity index (χ1) is 10.5. The number of sulfonamides is 1. The summed E-state index contributed by atoms with van der Waals surface area (Å²) in [6, 6.07) is 2.69. The van der Waals surface area contributed by atoms with Gasteiger partial charge >= 0.3 is 0 Å². The average Bonchev–Trinajstić information content (AvgIpc) is 2.50. The fourth-order valence-electron chi connectivity index (χ4n) is 2.44. The van der Waals surface area contributed by atoms with Crippen molar-refractivity contribution in [1.29, 1.82) is 0 Å². The number of benzene rings is 1. The monoisotopic (exact) mass is 331 g/mol. The first-order valence-electron chi connectivity index (χ1n) is 7.21. The lowest BCUT2D eigenvalue weighted by molar-refractivity contribution is 0.245. The minimum atomic E-state index is -3.73. The van der Waals surface area contributed by atoms with Crippen LogP contribution in [-0.4, -0.2) is 59.7 Å². The zero-order valence-corrected chi connectivity index (χ0v) is 13.7.